The molecule has 6 nitrogen and oxygen atoms in total. The first-order chi connectivity index (χ1) is 9.08. The molecule has 0 aliphatic carbocycles. The van der Waals surface area contributed by atoms with Gasteiger partial charge in [0.15, 0.2) is 0 Å². The summed E-state index contributed by atoms with van der Waals surface area (Å²) in [6, 6.07) is 9.19. The van der Waals surface area contributed by atoms with E-state index < -0.39 is 12.0 Å². The van der Waals surface area contributed by atoms with Gasteiger partial charge in [0.2, 0.25) is 5.91 Å². The molecule has 0 aliphatic heterocycles. The monoisotopic (exact) mass is 264 g/mol. The standard InChI is InChI=1S/C13H16N2O4/c1-10(16)7-14-12(17)8-15-13(18)19-9-11-5-3-2-4-6-11/h2-6H,7-9H2,1H3,(H,14,17)(H,15,18). The summed E-state index contributed by atoms with van der Waals surface area (Å²) >= 11 is 0. The Morgan fingerprint density at radius 3 is 2.37 bits per heavy atom. The molecule has 0 unspecified atom stereocenters. The fourth-order valence-electron chi connectivity index (χ4n) is 1.21. The van der Waals surface area contributed by atoms with E-state index in [1.54, 1.807) is 0 Å². The van der Waals surface area contributed by atoms with Crippen LogP contribution in [0.25, 0.3) is 0 Å². The normalized spacial score (nSPS) is 9.53. The molecule has 0 spiro atoms. The number of hydrogen-bond donors (Lipinski definition) is 2. The first-order valence-electron chi connectivity index (χ1n) is 5.78. The number of carbonyl (C=O) groups is 3. The Bertz CT molecular complexity index is 445. The zero-order valence-corrected chi connectivity index (χ0v) is 10.6. The lowest BCUT2D eigenvalue weighted by molar-refractivity contribution is -0.123. The lowest BCUT2D eigenvalue weighted by atomic mass is 10.2. The second-order valence-electron chi connectivity index (χ2n) is 3.89. The van der Waals surface area contributed by atoms with Crippen molar-refractivity contribution in [2.24, 2.45) is 0 Å². The van der Waals surface area contributed by atoms with Crippen LogP contribution >= 0.6 is 0 Å². The molecule has 0 heterocycles. The highest BCUT2D eigenvalue weighted by Crippen LogP contribution is 2.00. The molecule has 0 atom stereocenters. The van der Waals surface area contributed by atoms with Crippen molar-refractivity contribution in [3.63, 3.8) is 0 Å². The van der Waals surface area contributed by atoms with E-state index in [0.29, 0.717) is 0 Å². The van der Waals surface area contributed by atoms with E-state index in [2.05, 4.69) is 10.6 Å². The molecule has 0 aromatic heterocycles. The number of carbonyl (C=O) groups excluding carboxylic acids is 3. The Balaban J connectivity index is 2.17. The minimum atomic E-state index is -0.679. The summed E-state index contributed by atoms with van der Waals surface area (Å²) in [6.07, 6.45) is -0.679. The quantitative estimate of drug-likeness (QED) is 0.788. The number of hydrogen-bond acceptors (Lipinski definition) is 4. The molecule has 0 bridgehead atoms. The lowest BCUT2D eigenvalue weighted by Crippen LogP contribution is -2.38. The van der Waals surface area contributed by atoms with E-state index in [-0.39, 0.29) is 25.5 Å². The first-order valence-corrected chi connectivity index (χ1v) is 5.78. The van der Waals surface area contributed by atoms with Crippen molar-refractivity contribution in [1.29, 1.82) is 0 Å². The van der Waals surface area contributed by atoms with Crippen LogP contribution in [-0.2, 0) is 20.9 Å². The van der Waals surface area contributed by atoms with Crippen LogP contribution in [-0.4, -0.2) is 30.9 Å². The van der Waals surface area contributed by atoms with Gasteiger partial charge in [-0.15, -0.1) is 0 Å². The van der Waals surface area contributed by atoms with Gasteiger partial charge in [-0.2, -0.15) is 0 Å². The molecule has 1 rings (SSSR count). The summed E-state index contributed by atoms with van der Waals surface area (Å²) in [4.78, 5) is 33.1. The molecule has 1 aromatic carbocycles. The maximum Gasteiger partial charge on any atom is 0.407 e. The van der Waals surface area contributed by atoms with Gasteiger partial charge >= 0.3 is 6.09 Å². The van der Waals surface area contributed by atoms with Crippen molar-refractivity contribution < 1.29 is 19.1 Å². The van der Waals surface area contributed by atoms with E-state index in [1.165, 1.54) is 6.92 Å². The van der Waals surface area contributed by atoms with Gasteiger partial charge < -0.3 is 15.4 Å². The third-order valence-electron chi connectivity index (χ3n) is 2.14. The Labute approximate surface area is 111 Å². The van der Waals surface area contributed by atoms with Crippen LogP contribution in [0.2, 0.25) is 0 Å². The number of alkyl carbamates (subject to hydrolysis) is 1. The van der Waals surface area contributed by atoms with E-state index in [1.807, 2.05) is 30.3 Å². The third kappa shape index (κ3) is 6.82. The topological polar surface area (TPSA) is 84.5 Å². The number of amides is 2. The molecule has 0 fully saturated rings. The van der Waals surface area contributed by atoms with Crippen LogP contribution in [0.5, 0.6) is 0 Å². The maximum atomic E-state index is 11.3. The first kappa shape index (κ1) is 14.7. The number of ether oxygens (including phenoxy) is 1. The van der Waals surface area contributed by atoms with E-state index in [9.17, 15) is 14.4 Å². The van der Waals surface area contributed by atoms with Gasteiger partial charge in [0, 0.05) is 0 Å². The minimum absolute atomic E-state index is 0.0421. The maximum absolute atomic E-state index is 11.3. The third-order valence-corrected chi connectivity index (χ3v) is 2.14. The van der Waals surface area contributed by atoms with E-state index in [0.717, 1.165) is 5.56 Å². The molecule has 2 N–H and O–H groups in total. The highest BCUT2D eigenvalue weighted by molar-refractivity contribution is 5.86. The fraction of sp³-hybridized carbons (Fsp3) is 0.308. The zero-order valence-electron chi connectivity index (χ0n) is 10.6. The van der Waals surface area contributed by atoms with Gasteiger partial charge in [-0.3, -0.25) is 9.59 Å². The predicted octanol–water partition coefficient (Wildman–Crippen LogP) is 0.618. The van der Waals surface area contributed by atoms with Gasteiger partial charge in [-0.25, -0.2) is 4.79 Å². The van der Waals surface area contributed by atoms with Crippen molar-refractivity contribution in [3.8, 4) is 0 Å². The van der Waals surface area contributed by atoms with E-state index >= 15 is 0 Å². The minimum Gasteiger partial charge on any atom is -0.445 e. The van der Waals surface area contributed by atoms with Gasteiger partial charge in [0.25, 0.3) is 0 Å². The Kier molecular flexibility index (Phi) is 6.08. The smallest absolute Gasteiger partial charge is 0.407 e. The van der Waals surface area contributed by atoms with Crippen LogP contribution in [0, 0.1) is 0 Å². The van der Waals surface area contributed by atoms with E-state index in [4.69, 9.17) is 4.74 Å². The molecular weight excluding hydrogens is 248 g/mol. The Morgan fingerprint density at radius 1 is 1.05 bits per heavy atom. The number of Topliss-reactive ketones (excluding diaryl/α,β-unsaturated/α-hetero) is 1. The lowest BCUT2D eigenvalue weighted by Gasteiger charge is -2.07. The van der Waals surface area contributed by atoms with Gasteiger partial charge in [0.1, 0.15) is 18.9 Å². The zero-order chi connectivity index (χ0) is 14.1. The predicted molar refractivity (Wildman–Crippen MR) is 68.3 cm³/mol. The summed E-state index contributed by atoms with van der Waals surface area (Å²) in [5.41, 5.74) is 0.860. The number of benzene rings is 1. The molecule has 102 valence electrons. The summed E-state index contributed by atoms with van der Waals surface area (Å²) in [6.45, 7) is 1.24. The van der Waals surface area contributed by atoms with Crippen molar-refractivity contribution in [2.45, 2.75) is 13.5 Å². The van der Waals surface area contributed by atoms with Gasteiger partial charge in [-0.1, -0.05) is 30.3 Å². The Morgan fingerprint density at radius 2 is 1.74 bits per heavy atom. The van der Waals surface area contributed by atoms with Gasteiger partial charge in [-0.05, 0) is 12.5 Å². The highest BCUT2D eigenvalue weighted by atomic mass is 16.5. The fourth-order valence-corrected chi connectivity index (χ4v) is 1.21. The molecule has 0 saturated heterocycles. The second kappa shape index (κ2) is 7.86. The molecule has 2 amide bonds. The molecular formula is C13H16N2O4. The molecule has 0 radical (unpaired) electrons. The summed E-state index contributed by atoms with van der Waals surface area (Å²) in [5.74, 6) is -0.591. The molecule has 6 heteroatoms. The van der Waals surface area contributed by atoms with Crippen LogP contribution in [0.4, 0.5) is 4.79 Å². The largest absolute Gasteiger partial charge is 0.445 e. The average molecular weight is 264 g/mol. The average Bonchev–Trinajstić information content (AvgIpc) is 2.41. The van der Waals surface area contributed by atoms with Crippen molar-refractivity contribution in [3.05, 3.63) is 35.9 Å². The summed E-state index contributed by atoms with van der Waals surface area (Å²) < 4.78 is 4.91. The van der Waals surface area contributed by atoms with Crippen LogP contribution in [0.15, 0.2) is 30.3 Å². The van der Waals surface area contributed by atoms with Crippen molar-refractivity contribution >= 4 is 17.8 Å². The number of rotatable bonds is 6. The SMILES string of the molecule is CC(=O)CNC(=O)CNC(=O)OCc1ccccc1. The summed E-state index contributed by atoms with van der Waals surface area (Å²) in [5, 5.41) is 4.64. The summed E-state index contributed by atoms with van der Waals surface area (Å²) in [7, 11) is 0. The van der Waals surface area contributed by atoms with Crippen LogP contribution in [0.1, 0.15) is 12.5 Å². The van der Waals surface area contributed by atoms with Crippen molar-refractivity contribution in [2.75, 3.05) is 13.1 Å². The molecule has 1 aromatic rings. The Hall–Kier alpha value is -2.37. The van der Waals surface area contributed by atoms with Crippen molar-refractivity contribution in [1.82, 2.24) is 10.6 Å². The number of nitrogens with one attached hydrogen (secondary N) is 2. The highest BCUT2D eigenvalue weighted by Gasteiger charge is 2.06. The van der Waals surface area contributed by atoms with Crippen LogP contribution in [0.3, 0.4) is 0 Å². The van der Waals surface area contributed by atoms with Gasteiger partial charge in [0.05, 0.1) is 6.54 Å². The molecule has 19 heavy (non-hydrogen) atoms. The molecule has 0 saturated carbocycles. The second-order valence-corrected chi connectivity index (χ2v) is 3.89. The van der Waals surface area contributed by atoms with Crippen LogP contribution < -0.4 is 10.6 Å². The molecule has 0 aliphatic rings. The number of ketones is 1.